The highest BCUT2D eigenvalue weighted by Gasteiger charge is 2.23. The molecule has 0 heterocycles. The fourth-order valence-electron chi connectivity index (χ4n) is 1.66. The van der Waals surface area contributed by atoms with Crippen LogP contribution in [0.2, 0.25) is 0 Å². The molecule has 84 valence electrons. The van der Waals surface area contributed by atoms with E-state index in [-0.39, 0.29) is 11.5 Å². The summed E-state index contributed by atoms with van der Waals surface area (Å²) >= 11 is 0. The monoisotopic (exact) mass is 206 g/mol. The van der Waals surface area contributed by atoms with Crippen LogP contribution >= 0.6 is 0 Å². The van der Waals surface area contributed by atoms with Gasteiger partial charge < -0.3 is 5.11 Å². The Labute approximate surface area is 93.1 Å². The van der Waals surface area contributed by atoms with Gasteiger partial charge in [-0.15, -0.1) is 0 Å². The van der Waals surface area contributed by atoms with Crippen LogP contribution in [0, 0.1) is 5.41 Å². The molecule has 0 fully saturated rings. The van der Waals surface area contributed by atoms with Gasteiger partial charge in [0.25, 0.3) is 0 Å². The number of aryl methyl sites for hydroxylation is 1. The molecule has 0 aliphatic heterocycles. The Bertz CT molecular complexity index is 292. The SMILES string of the molecule is CCCc1ccc(C(O)C(C)(C)C)cc1. The Morgan fingerprint density at radius 3 is 2.07 bits per heavy atom. The first-order valence-corrected chi connectivity index (χ1v) is 5.72. The van der Waals surface area contributed by atoms with Gasteiger partial charge in [0.1, 0.15) is 0 Å². The third-order valence-corrected chi connectivity index (χ3v) is 2.65. The molecule has 0 saturated heterocycles. The number of hydrogen-bond donors (Lipinski definition) is 1. The van der Waals surface area contributed by atoms with Gasteiger partial charge in [-0.2, -0.15) is 0 Å². The van der Waals surface area contributed by atoms with Crippen molar-refractivity contribution in [3.63, 3.8) is 0 Å². The van der Waals surface area contributed by atoms with E-state index >= 15 is 0 Å². The van der Waals surface area contributed by atoms with E-state index in [0.717, 1.165) is 12.0 Å². The number of hydrogen-bond acceptors (Lipinski definition) is 1. The molecule has 1 aromatic rings. The molecule has 1 atom stereocenters. The van der Waals surface area contributed by atoms with Crippen molar-refractivity contribution in [3.05, 3.63) is 35.4 Å². The summed E-state index contributed by atoms with van der Waals surface area (Å²) in [6, 6.07) is 8.32. The van der Waals surface area contributed by atoms with E-state index in [9.17, 15) is 5.11 Å². The van der Waals surface area contributed by atoms with Gasteiger partial charge in [-0.25, -0.2) is 0 Å². The second kappa shape index (κ2) is 4.80. The topological polar surface area (TPSA) is 20.2 Å². The standard InChI is InChI=1S/C14H22O/c1-5-6-11-7-9-12(10-8-11)13(15)14(2,3)4/h7-10,13,15H,5-6H2,1-4H3. The maximum Gasteiger partial charge on any atom is 0.0838 e. The van der Waals surface area contributed by atoms with Crippen molar-refractivity contribution in [2.45, 2.75) is 46.6 Å². The predicted octanol–water partition coefficient (Wildman–Crippen LogP) is 3.72. The Balaban J connectivity index is 2.80. The smallest absolute Gasteiger partial charge is 0.0838 e. The molecule has 0 saturated carbocycles. The van der Waals surface area contributed by atoms with E-state index in [0.29, 0.717) is 0 Å². The number of benzene rings is 1. The third kappa shape index (κ3) is 3.35. The normalized spacial score (nSPS) is 13.9. The first-order valence-electron chi connectivity index (χ1n) is 5.72. The van der Waals surface area contributed by atoms with Crippen LogP contribution in [0.25, 0.3) is 0 Å². The molecule has 0 spiro atoms. The first kappa shape index (κ1) is 12.3. The Kier molecular flexibility index (Phi) is 3.92. The Hall–Kier alpha value is -0.820. The van der Waals surface area contributed by atoms with Crippen molar-refractivity contribution in [2.75, 3.05) is 0 Å². The van der Waals surface area contributed by atoms with E-state index in [1.165, 1.54) is 12.0 Å². The fourth-order valence-corrected chi connectivity index (χ4v) is 1.66. The summed E-state index contributed by atoms with van der Waals surface area (Å²) in [6.07, 6.45) is 1.90. The number of aliphatic hydroxyl groups is 1. The fraction of sp³-hybridized carbons (Fsp3) is 0.571. The second-order valence-electron chi connectivity index (χ2n) is 5.26. The highest BCUT2D eigenvalue weighted by atomic mass is 16.3. The van der Waals surface area contributed by atoms with Crippen LogP contribution in [0.3, 0.4) is 0 Å². The van der Waals surface area contributed by atoms with Gasteiger partial charge in [0, 0.05) is 0 Å². The van der Waals surface area contributed by atoms with Gasteiger partial charge in [0.2, 0.25) is 0 Å². The van der Waals surface area contributed by atoms with Gasteiger partial charge in [-0.05, 0) is 23.0 Å². The molecule has 15 heavy (non-hydrogen) atoms. The maximum absolute atomic E-state index is 10.1. The molecule has 1 aromatic carbocycles. The minimum Gasteiger partial charge on any atom is -0.388 e. The second-order valence-corrected chi connectivity index (χ2v) is 5.26. The van der Waals surface area contributed by atoms with Gasteiger partial charge in [0.05, 0.1) is 6.10 Å². The molecular formula is C14H22O. The molecular weight excluding hydrogens is 184 g/mol. The van der Waals surface area contributed by atoms with Crippen LogP contribution in [0.1, 0.15) is 51.3 Å². The van der Waals surface area contributed by atoms with E-state index in [1.54, 1.807) is 0 Å². The van der Waals surface area contributed by atoms with Crippen LogP contribution in [0.5, 0.6) is 0 Å². The summed E-state index contributed by atoms with van der Waals surface area (Å²) in [7, 11) is 0. The first-order chi connectivity index (χ1) is 6.95. The molecule has 0 amide bonds. The molecule has 0 radical (unpaired) electrons. The average molecular weight is 206 g/mol. The van der Waals surface area contributed by atoms with Crippen molar-refractivity contribution < 1.29 is 5.11 Å². The highest BCUT2D eigenvalue weighted by Crippen LogP contribution is 2.32. The zero-order chi connectivity index (χ0) is 11.5. The van der Waals surface area contributed by atoms with E-state index in [2.05, 4.69) is 39.8 Å². The van der Waals surface area contributed by atoms with Crippen molar-refractivity contribution in [3.8, 4) is 0 Å². The van der Waals surface area contributed by atoms with Crippen LogP contribution in [0.4, 0.5) is 0 Å². The highest BCUT2D eigenvalue weighted by molar-refractivity contribution is 5.25. The van der Waals surface area contributed by atoms with Crippen molar-refractivity contribution >= 4 is 0 Å². The van der Waals surface area contributed by atoms with Gasteiger partial charge in [-0.3, -0.25) is 0 Å². The summed E-state index contributed by atoms with van der Waals surface area (Å²) in [5.74, 6) is 0. The summed E-state index contributed by atoms with van der Waals surface area (Å²) in [5.41, 5.74) is 2.27. The van der Waals surface area contributed by atoms with Gasteiger partial charge in [0.15, 0.2) is 0 Å². The van der Waals surface area contributed by atoms with Crippen molar-refractivity contribution in [2.24, 2.45) is 5.41 Å². The molecule has 1 unspecified atom stereocenters. The molecule has 1 nitrogen and oxygen atoms in total. The lowest BCUT2D eigenvalue weighted by molar-refractivity contribution is 0.0626. The predicted molar refractivity (Wildman–Crippen MR) is 64.9 cm³/mol. The zero-order valence-electron chi connectivity index (χ0n) is 10.2. The minimum atomic E-state index is -0.381. The third-order valence-electron chi connectivity index (χ3n) is 2.65. The van der Waals surface area contributed by atoms with Crippen LogP contribution in [-0.2, 0) is 6.42 Å². The molecule has 1 N–H and O–H groups in total. The van der Waals surface area contributed by atoms with Crippen LogP contribution < -0.4 is 0 Å². The van der Waals surface area contributed by atoms with Crippen LogP contribution in [-0.4, -0.2) is 5.11 Å². The van der Waals surface area contributed by atoms with Crippen molar-refractivity contribution in [1.29, 1.82) is 0 Å². The van der Waals surface area contributed by atoms with Crippen LogP contribution in [0.15, 0.2) is 24.3 Å². The quantitative estimate of drug-likeness (QED) is 0.799. The summed E-state index contributed by atoms with van der Waals surface area (Å²) < 4.78 is 0. The average Bonchev–Trinajstić information content (AvgIpc) is 2.17. The largest absolute Gasteiger partial charge is 0.388 e. The molecule has 1 rings (SSSR count). The Morgan fingerprint density at radius 2 is 1.67 bits per heavy atom. The lowest BCUT2D eigenvalue weighted by Gasteiger charge is -2.26. The Morgan fingerprint density at radius 1 is 1.13 bits per heavy atom. The van der Waals surface area contributed by atoms with E-state index in [4.69, 9.17) is 0 Å². The zero-order valence-corrected chi connectivity index (χ0v) is 10.2. The lowest BCUT2D eigenvalue weighted by Crippen LogP contribution is -2.17. The van der Waals surface area contributed by atoms with Gasteiger partial charge >= 0.3 is 0 Å². The van der Waals surface area contributed by atoms with E-state index in [1.807, 2.05) is 12.1 Å². The molecule has 0 bridgehead atoms. The molecule has 0 aromatic heterocycles. The minimum absolute atomic E-state index is 0.0910. The molecule has 0 aliphatic rings. The summed E-state index contributed by atoms with van der Waals surface area (Å²) in [4.78, 5) is 0. The van der Waals surface area contributed by atoms with Crippen molar-refractivity contribution in [1.82, 2.24) is 0 Å². The summed E-state index contributed by atoms with van der Waals surface area (Å²) in [5, 5.41) is 10.1. The number of aliphatic hydroxyl groups excluding tert-OH is 1. The van der Waals surface area contributed by atoms with Gasteiger partial charge in [-0.1, -0.05) is 58.4 Å². The molecule has 1 heteroatoms. The molecule has 0 aliphatic carbocycles. The number of rotatable bonds is 3. The van der Waals surface area contributed by atoms with E-state index < -0.39 is 0 Å². The lowest BCUT2D eigenvalue weighted by atomic mass is 9.84. The maximum atomic E-state index is 10.1. The summed E-state index contributed by atoms with van der Waals surface area (Å²) in [6.45, 7) is 8.34.